The summed E-state index contributed by atoms with van der Waals surface area (Å²) in [5.74, 6) is -0.474. The average Bonchev–Trinajstić information content (AvgIpc) is 3.12. The average molecular weight is 471 g/mol. The van der Waals surface area contributed by atoms with Gasteiger partial charge in [0.05, 0.1) is 23.0 Å². The van der Waals surface area contributed by atoms with E-state index in [1.54, 1.807) is 12.1 Å². The second-order valence-corrected chi connectivity index (χ2v) is 9.19. The van der Waals surface area contributed by atoms with Gasteiger partial charge in [-0.05, 0) is 62.1 Å². The van der Waals surface area contributed by atoms with Gasteiger partial charge in [-0.1, -0.05) is 48.0 Å². The minimum Gasteiger partial charge on any atom is -0.480 e. The Morgan fingerprint density at radius 3 is 2.48 bits per heavy atom. The second-order valence-electron chi connectivity index (χ2n) is 8.78. The summed E-state index contributed by atoms with van der Waals surface area (Å²) in [6.07, 6.45) is 4.13. The quantitative estimate of drug-likeness (QED) is 0.424. The van der Waals surface area contributed by atoms with Crippen LogP contribution in [-0.4, -0.2) is 34.1 Å². The Morgan fingerprint density at radius 1 is 1.12 bits per heavy atom. The Morgan fingerprint density at radius 2 is 1.82 bits per heavy atom. The van der Waals surface area contributed by atoms with E-state index in [0.717, 1.165) is 60.3 Å². The lowest BCUT2D eigenvalue weighted by molar-refractivity contribution is -0.142. The lowest BCUT2D eigenvalue weighted by Crippen LogP contribution is -2.23. The van der Waals surface area contributed by atoms with Crippen molar-refractivity contribution in [1.82, 2.24) is 9.78 Å². The molecular formula is C26H28ClFN2O3. The topological polar surface area (TPSA) is 64.4 Å². The number of ether oxygens (including phenoxy) is 1. The molecule has 0 aliphatic heterocycles. The molecule has 3 aromatic rings. The van der Waals surface area contributed by atoms with Crippen LogP contribution < -0.4 is 0 Å². The van der Waals surface area contributed by atoms with E-state index < -0.39 is 11.8 Å². The minimum atomic E-state index is -0.926. The van der Waals surface area contributed by atoms with Gasteiger partial charge in [-0.2, -0.15) is 5.10 Å². The molecule has 0 atom stereocenters. The summed E-state index contributed by atoms with van der Waals surface area (Å²) in [6.45, 7) is 3.04. The summed E-state index contributed by atoms with van der Waals surface area (Å²) in [5, 5.41) is 13.7. The van der Waals surface area contributed by atoms with Gasteiger partial charge in [-0.25, -0.2) is 9.18 Å². The predicted octanol–water partition coefficient (Wildman–Crippen LogP) is 6.23. The molecule has 1 aliphatic carbocycles. The van der Waals surface area contributed by atoms with Crippen LogP contribution in [0.4, 0.5) is 4.39 Å². The summed E-state index contributed by atoms with van der Waals surface area (Å²) in [7, 11) is 0. The number of nitrogens with zero attached hydrogens (tertiary/aromatic N) is 2. The monoisotopic (exact) mass is 470 g/mol. The minimum absolute atomic E-state index is 0.0992. The third kappa shape index (κ3) is 5.63. The van der Waals surface area contributed by atoms with Gasteiger partial charge in [0.25, 0.3) is 0 Å². The Kier molecular flexibility index (Phi) is 7.46. The molecule has 1 N–H and O–H groups in total. The number of carboxylic acids is 1. The third-order valence-electron chi connectivity index (χ3n) is 6.36. The van der Waals surface area contributed by atoms with Crippen molar-refractivity contribution in [3.8, 4) is 22.4 Å². The van der Waals surface area contributed by atoms with E-state index in [4.69, 9.17) is 26.5 Å². The molecule has 0 radical (unpaired) electrons. The van der Waals surface area contributed by atoms with Crippen molar-refractivity contribution in [3.63, 3.8) is 0 Å². The Balaban J connectivity index is 1.57. The molecule has 5 nitrogen and oxygen atoms in total. The van der Waals surface area contributed by atoms with Crippen LogP contribution in [0.1, 0.15) is 31.4 Å². The summed E-state index contributed by atoms with van der Waals surface area (Å²) >= 11 is 6.10. The molecule has 174 valence electrons. The second kappa shape index (κ2) is 10.5. The molecule has 33 heavy (non-hydrogen) atoms. The zero-order valence-electron chi connectivity index (χ0n) is 18.6. The summed E-state index contributed by atoms with van der Waals surface area (Å²) in [5.41, 5.74) is 4.78. The molecule has 1 heterocycles. The third-order valence-corrected chi connectivity index (χ3v) is 6.65. The normalized spacial score (nSPS) is 18.4. The molecule has 2 aromatic carbocycles. The van der Waals surface area contributed by atoms with Crippen LogP contribution in [0.2, 0.25) is 5.02 Å². The maximum atomic E-state index is 13.8. The lowest BCUT2D eigenvalue weighted by Gasteiger charge is -2.28. The lowest BCUT2D eigenvalue weighted by atomic mass is 9.82. The summed E-state index contributed by atoms with van der Waals surface area (Å²) in [4.78, 5) is 10.7. The van der Waals surface area contributed by atoms with E-state index in [-0.39, 0.29) is 11.6 Å². The largest absolute Gasteiger partial charge is 0.480 e. The van der Waals surface area contributed by atoms with E-state index in [2.05, 4.69) is 16.8 Å². The molecule has 0 amide bonds. The van der Waals surface area contributed by atoms with Crippen molar-refractivity contribution in [1.29, 1.82) is 0 Å². The van der Waals surface area contributed by atoms with Crippen molar-refractivity contribution in [3.05, 3.63) is 65.1 Å². The van der Waals surface area contributed by atoms with E-state index >= 15 is 0 Å². The number of benzene rings is 2. The Labute approximate surface area is 198 Å². The standard InChI is InChI=1S/C26H28ClFN2O3/c1-17-25(21-11-12-23(28)22(27)13-21)26(20-5-3-2-4-6-20)30(29-17)14-18-7-9-19(10-8-18)15-33-16-24(31)32/h2-6,11-13,18-19H,7-10,14-16H2,1H3,(H,31,32)/t18-,19+. The highest BCUT2D eigenvalue weighted by Crippen LogP contribution is 2.38. The molecule has 1 aliphatic rings. The number of carbonyl (C=O) groups is 1. The van der Waals surface area contributed by atoms with Gasteiger partial charge in [0, 0.05) is 17.7 Å². The van der Waals surface area contributed by atoms with E-state index in [0.29, 0.717) is 18.4 Å². The van der Waals surface area contributed by atoms with Crippen molar-refractivity contribution >= 4 is 17.6 Å². The highest BCUT2D eigenvalue weighted by atomic mass is 35.5. The van der Waals surface area contributed by atoms with Crippen LogP contribution in [0.3, 0.4) is 0 Å². The van der Waals surface area contributed by atoms with Gasteiger partial charge < -0.3 is 9.84 Å². The van der Waals surface area contributed by atoms with Gasteiger partial charge in [0.1, 0.15) is 12.4 Å². The zero-order valence-corrected chi connectivity index (χ0v) is 19.4. The predicted molar refractivity (Wildman–Crippen MR) is 127 cm³/mol. The fraction of sp³-hybridized carbons (Fsp3) is 0.385. The fourth-order valence-electron chi connectivity index (χ4n) is 4.74. The van der Waals surface area contributed by atoms with Gasteiger partial charge in [-0.15, -0.1) is 0 Å². The van der Waals surface area contributed by atoms with Crippen molar-refractivity contribution in [2.45, 2.75) is 39.2 Å². The van der Waals surface area contributed by atoms with Crippen molar-refractivity contribution in [2.24, 2.45) is 11.8 Å². The first-order chi connectivity index (χ1) is 15.9. The smallest absolute Gasteiger partial charge is 0.329 e. The molecule has 7 heteroatoms. The van der Waals surface area contributed by atoms with Crippen LogP contribution in [0.25, 0.3) is 22.4 Å². The SMILES string of the molecule is Cc1nn(C[C@H]2CC[C@@H](COCC(=O)O)CC2)c(-c2ccccc2)c1-c1ccc(F)c(Cl)c1. The van der Waals surface area contributed by atoms with Crippen LogP contribution in [0.15, 0.2) is 48.5 Å². The van der Waals surface area contributed by atoms with Gasteiger partial charge in [-0.3, -0.25) is 4.68 Å². The van der Waals surface area contributed by atoms with E-state index in [1.807, 2.05) is 25.1 Å². The van der Waals surface area contributed by atoms with Gasteiger partial charge in [0.2, 0.25) is 0 Å². The van der Waals surface area contributed by atoms with E-state index in [1.165, 1.54) is 6.07 Å². The molecule has 0 bridgehead atoms. The van der Waals surface area contributed by atoms with E-state index in [9.17, 15) is 9.18 Å². The highest BCUT2D eigenvalue weighted by Gasteiger charge is 2.25. The van der Waals surface area contributed by atoms with Gasteiger partial charge >= 0.3 is 5.97 Å². The number of hydrogen-bond donors (Lipinski definition) is 1. The molecule has 1 aromatic heterocycles. The number of halogens is 2. The number of aryl methyl sites for hydroxylation is 1. The first kappa shape index (κ1) is 23.5. The van der Waals surface area contributed by atoms with Gasteiger partial charge in [0.15, 0.2) is 0 Å². The first-order valence-corrected chi connectivity index (χ1v) is 11.7. The number of rotatable bonds is 8. The number of hydrogen-bond acceptors (Lipinski definition) is 3. The molecule has 1 fully saturated rings. The summed E-state index contributed by atoms with van der Waals surface area (Å²) in [6, 6.07) is 15.0. The van der Waals surface area contributed by atoms with Crippen LogP contribution in [0, 0.1) is 24.6 Å². The molecule has 0 spiro atoms. The zero-order chi connectivity index (χ0) is 23.4. The molecule has 1 saturated carbocycles. The Bertz CT molecular complexity index is 1110. The maximum Gasteiger partial charge on any atom is 0.329 e. The number of aliphatic carboxylic acids is 1. The molecule has 4 rings (SSSR count). The molecule has 0 saturated heterocycles. The van der Waals surface area contributed by atoms with Crippen LogP contribution in [-0.2, 0) is 16.1 Å². The molecule has 0 unspecified atom stereocenters. The summed E-state index contributed by atoms with van der Waals surface area (Å²) < 4.78 is 21.2. The maximum absolute atomic E-state index is 13.8. The van der Waals surface area contributed by atoms with Crippen molar-refractivity contribution in [2.75, 3.05) is 13.2 Å². The molecular weight excluding hydrogens is 443 g/mol. The first-order valence-electron chi connectivity index (χ1n) is 11.3. The van der Waals surface area contributed by atoms with Crippen molar-refractivity contribution < 1.29 is 19.0 Å². The number of aromatic nitrogens is 2. The Hall–Kier alpha value is -2.70. The number of carboxylic acid groups (broad SMARTS) is 1. The highest BCUT2D eigenvalue weighted by molar-refractivity contribution is 6.31. The van der Waals surface area contributed by atoms with Crippen LogP contribution in [0.5, 0.6) is 0 Å². The fourth-order valence-corrected chi connectivity index (χ4v) is 4.92. The van der Waals surface area contributed by atoms with Crippen LogP contribution >= 0.6 is 11.6 Å².